The fraction of sp³-hybridized carbons (Fsp3) is 0.393. The van der Waals surface area contributed by atoms with E-state index in [0.717, 1.165) is 59.9 Å². The van der Waals surface area contributed by atoms with Crippen LogP contribution in [0.3, 0.4) is 0 Å². The Balaban J connectivity index is 1.42. The van der Waals surface area contributed by atoms with Gasteiger partial charge in [-0.15, -0.1) is 0 Å². The summed E-state index contributed by atoms with van der Waals surface area (Å²) in [6, 6.07) is 21.5. The van der Waals surface area contributed by atoms with Gasteiger partial charge in [-0.3, -0.25) is 0 Å². The minimum absolute atomic E-state index is 0.752. The molecule has 0 radical (unpaired) electrons. The normalized spacial score (nSPS) is 15.7. The molecule has 2 heterocycles. The molecule has 5 heteroatoms. The van der Waals surface area contributed by atoms with Gasteiger partial charge in [0.05, 0.1) is 47.2 Å². The van der Waals surface area contributed by atoms with Crippen LogP contribution in [-0.2, 0) is 0 Å². The zero-order valence-corrected chi connectivity index (χ0v) is 20.6. The molecule has 2 aromatic carbocycles. The van der Waals surface area contributed by atoms with E-state index in [0.29, 0.717) is 0 Å². The fourth-order valence-corrected chi connectivity index (χ4v) is 4.28. The molecule has 1 fully saturated rings. The van der Waals surface area contributed by atoms with Gasteiger partial charge in [0.15, 0.2) is 6.54 Å². The third-order valence-electron chi connectivity index (χ3n) is 6.68. The molecule has 1 aromatic heterocycles. The van der Waals surface area contributed by atoms with Crippen molar-refractivity contribution in [3.8, 4) is 22.6 Å². The van der Waals surface area contributed by atoms with E-state index >= 15 is 0 Å². The lowest BCUT2D eigenvalue weighted by Gasteiger charge is -2.40. The molecule has 0 spiro atoms. The molecule has 1 aliphatic heterocycles. The third-order valence-corrected chi connectivity index (χ3v) is 6.68. The highest BCUT2D eigenvalue weighted by atomic mass is 16.3. The highest BCUT2D eigenvalue weighted by Crippen LogP contribution is 2.31. The van der Waals surface area contributed by atoms with Crippen molar-refractivity contribution in [2.75, 3.05) is 83.8 Å². The highest BCUT2D eigenvalue weighted by Gasteiger charge is 2.24. The molecule has 0 unspecified atom stereocenters. The summed E-state index contributed by atoms with van der Waals surface area (Å²) >= 11 is 0. The molecule has 0 amide bonds. The van der Waals surface area contributed by atoms with Gasteiger partial charge in [-0.2, -0.15) is 0 Å². The Kier molecular flexibility index (Phi) is 7.01. The maximum absolute atomic E-state index is 6.23. The van der Waals surface area contributed by atoms with Gasteiger partial charge >= 0.3 is 0 Å². The number of hydrogen-bond donors (Lipinski definition) is 0. The monoisotopic (exact) mass is 446 g/mol. The Morgan fingerprint density at radius 3 is 1.88 bits per heavy atom. The summed E-state index contributed by atoms with van der Waals surface area (Å²) < 4.78 is 7.33. The summed E-state index contributed by atoms with van der Waals surface area (Å²) in [5.41, 5.74) is 4.69. The number of furan rings is 1. The SMILES string of the molecule is [CH2+]CN(CCN(C)C)c1ccc(-c2ccc(-c3ccc(N4CC[N+](C)(C)CC4)cc3)o2)cc1. The molecular formula is C28H38N4O+2. The lowest BCUT2D eigenvalue weighted by molar-refractivity contribution is -0.890. The highest BCUT2D eigenvalue weighted by molar-refractivity contribution is 5.68. The molecule has 3 aromatic rings. The summed E-state index contributed by atoms with van der Waals surface area (Å²) in [4.78, 5) is 6.97. The lowest BCUT2D eigenvalue weighted by Crippen LogP contribution is -2.54. The maximum atomic E-state index is 6.23. The second-order valence-corrected chi connectivity index (χ2v) is 9.92. The zero-order valence-electron chi connectivity index (χ0n) is 20.6. The second-order valence-electron chi connectivity index (χ2n) is 9.92. The Morgan fingerprint density at radius 2 is 1.36 bits per heavy atom. The molecule has 1 aliphatic rings. The van der Waals surface area contributed by atoms with E-state index in [1.54, 1.807) is 0 Å². The molecule has 5 nitrogen and oxygen atoms in total. The van der Waals surface area contributed by atoms with Crippen LogP contribution in [0.25, 0.3) is 22.6 Å². The number of nitrogens with zero attached hydrogens (tertiary/aromatic N) is 4. The molecule has 0 bridgehead atoms. The summed E-state index contributed by atoms with van der Waals surface area (Å²) in [5, 5.41) is 0. The topological polar surface area (TPSA) is 22.9 Å². The molecule has 1 saturated heterocycles. The standard InChI is InChI=1S/C28H38N4O/c1-6-30(18-17-29(2)3)25-11-7-23(8-12-25)27-15-16-28(33-27)24-9-13-26(14-10-24)31-19-21-32(4,5)22-20-31/h7-16H,1,6,17-22H2,2-5H3/q+2. The van der Waals surface area contributed by atoms with Crippen LogP contribution in [0.2, 0.25) is 0 Å². The average Bonchev–Trinajstić information content (AvgIpc) is 3.30. The van der Waals surface area contributed by atoms with Crippen molar-refractivity contribution in [1.29, 1.82) is 0 Å². The van der Waals surface area contributed by atoms with Crippen molar-refractivity contribution >= 4 is 11.4 Å². The van der Waals surface area contributed by atoms with Gasteiger partial charge in [0.1, 0.15) is 11.5 Å². The number of rotatable bonds is 8. The molecule has 0 aliphatic carbocycles. The van der Waals surface area contributed by atoms with Crippen LogP contribution in [0.4, 0.5) is 11.4 Å². The van der Waals surface area contributed by atoms with E-state index in [4.69, 9.17) is 4.42 Å². The Labute approximate surface area is 199 Å². The number of likely N-dealkylation sites (N-methyl/N-ethyl adjacent to an activating group) is 2. The fourth-order valence-electron chi connectivity index (χ4n) is 4.28. The van der Waals surface area contributed by atoms with Crippen LogP contribution >= 0.6 is 0 Å². The first-order valence-corrected chi connectivity index (χ1v) is 11.9. The van der Waals surface area contributed by atoms with Crippen LogP contribution in [0.1, 0.15) is 0 Å². The minimum Gasteiger partial charge on any atom is -0.456 e. The number of benzene rings is 2. The minimum atomic E-state index is 0.752. The van der Waals surface area contributed by atoms with Gasteiger partial charge in [-0.1, -0.05) is 0 Å². The van der Waals surface area contributed by atoms with E-state index < -0.39 is 0 Å². The smallest absolute Gasteiger partial charge is 0.157 e. The lowest BCUT2D eigenvalue weighted by atomic mass is 10.1. The van der Waals surface area contributed by atoms with Crippen LogP contribution < -0.4 is 9.80 Å². The van der Waals surface area contributed by atoms with Crippen LogP contribution in [-0.4, -0.2) is 83.4 Å². The molecule has 0 atom stereocenters. The van der Waals surface area contributed by atoms with Gasteiger partial charge in [0, 0.05) is 35.6 Å². The molecule has 0 N–H and O–H groups in total. The second kappa shape index (κ2) is 9.94. The predicted molar refractivity (Wildman–Crippen MR) is 140 cm³/mol. The van der Waals surface area contributed by atoms with Crippen molar-refractivity contribution in [3.63, 3.8) is 0 Å². The number of hydrogen-bond acceptors (Lipinski definition) is 4. The van der Waals surface area contributed by atoms with Crippen LogP contribution in [0.5, 0.6) is 0 Å². The van der Waals surface area contributed by atoms with Crippen molar-refractivity contribution < 1.29 is 8.90 Å². The summed E-state index contributed by atoms with van der Waals surface area (Å²) in [5.74, 6) is 1.80. The van der Waals surface area contributed by atoms with Crippen molar-refractivity contribution in [2.45, 2.75) is 0 Å². The average molecular weight is 447 g/mol. The first kappa shape index (κ1) is 23.3. The van der Waals surface area contributed by atoms with E-state index in [1.807, 2.05) is 0 Å². The molecule has 33 heavy (non-hydrogen) atoms. The first-order chi connectivity index (χ1) is 15.8. The van der Waals surface area contributed by atoms with E-state index in [2.05, 4.69) is 110 Å². The van der Waals surface area contributed by atoms with Gasteiger partial charge in [0.2, 0.25) is 0 Å². The van der Waals surface area contributed by atoms with Crippen molar-refractivity contribution in [2.24, 2.45) is 0 Å². The van der Waals surface area contributed by atoms with Gasteiger partial charge < -0.3 is 23.6 Å². The largest absolute Gasteiger partial charge is 0.456 e. The first-order valence-electron chi connectivity index (χ1n) is 11.9. The molecule has 4 rings (SSSR count). The number of piperazine rings is 1. The summed E-state index contributed by atoms with van der Waals surface area (Å²) in [6.45, 7) is 11.4. The predicted octanol–water partition coefficient (Wildman–Crippen LogP) is 4.71. The molecular weight excluding hydrogens is 408 g/mol. The van der Waals surface area contributed by atoms with Crippen molar-refractivity contribution in [1.82, 2.24) is 4.90 Å². The van der Waals surface area contributed by atoms with Crippen LogP contribution in [0, 0.1) is 6.92 Å². The summed E-state index contributed by atoms with van der Waals surface area (Å²) in [7, 11) is 8.82. The van der Waals surface area contributed by atoms with Gasteiger partial charge in [-0.05, 0) is 74.8 Å². The number of anilines is 2. The van der Waals surface area contributed by atoms with Crippen LogP contribution in [0.15, 0.2) is 65.1 Å². The Bertz CT molecular complexity index is 948. The number of quaternary nitrogens is 1. The Hall–Kier alpha value is -2.89. The third kappa shape index (κ3) is 5.73. The van der Waals surface area contributed by atoms with Gasteiger partial charge in [-0.25, -0.2) is 0 Å². The molecule has 174 valence electrons. The van der Waals surface area contributed by atoms with E-state index in [1.165, 1.54) is 24.5 Å². The van der Waals surface area contributed by atoms with E-state index in [9.17, 15) is 0 Å². The maximum Gasteiger partial charge on any atom is 0.157 e. The Morgan fingerprint density at radius 1 is 0.818 bits per heavy atom. The van der Waals surface area contributed by atoms with Gasteiger partial charge in [0.25, 0.3) is 0 Å². The van der Waals surface area contributed by atoms with E-state index in [-0.39, 0.29) is 0 Å². The summed E-state index contributed by atoms with van der Waals surface area (Å²) in [6.07, 6.45) is 0. The quantitative estimate of drug-likeness (QED) is 0.369. The zero-order chi connectivity index (χ0) is 23.4. The van der Waals surface area contributed by atoms with Crippen molar-refractivity contribution in [3.05, 3.63) is 67.6 Å². The molecule has 0 saturated carbocycles.